The first kappa shape index (κ1) is 14.7. The average Bonchev–Trinajstić information content (AvgIpc) is 2.34. The second kappa shape index (κ2) is 7.88. The van der Waals surface area contributed by atoms with Crippen molar-refractivity contribution in [2.45, 2.75) is 45.6 Å². The zero-order valence-corrected chi connectivity index (χ0v) is 11.4. The monoisotopic (exact) mass is 248 g/mol. The van der Waals surface area contributed by atoms with E-state index in [-0.39, 0.29) is 11.9 Å². The molecule has 0 radical (unpaired) electrons. The van der Waals surface area contributed by atoms with Crippen molar-refractivity contribution in [3.63, 3.8) is 0 Å². The van der Waals surface area contributed by atoms with Gasteiger partial charge < -0.3 is 11.1 Å². The number of hydrogen-bond acceptors (Lipinski definition) is 2. The second-order valence-corrected chi connectivity index (χ2v) is 4.80. The number of rotatable bonds is 7. The number of hydrogen-bond donors (Lipinski definition) is 2. The third-order valence-electron chi connectivity index (χ3n) is 3.03. The molecule has 0 unspecified atom stereocenters. The first-order chi connectivity index (χ1) is 8.63. The predicted molar refractivity (Wildman–Crippen MR) is 75.3 cm³/mol. The van der Waals surface area contributed by atoms with E-state index in [2.05, 4.69) is 24.4 Å². The number of nitrogens with one attached hydrogen (secondary N) is 1. The molecule has 0 fully saturated rings. The fraction of sp³-hybridized carbons (Fsp3) is 0.533. The maximum Gasteiger partial charge on any atom is 0.220 e. The van der Waals surface area contributed by atoms with Gasteiger partial charge in [-0.1, -0.05) is 36.2 Å². The zero-order chi connectivity index (χ0) is 13.4. The molecule has 1 amide bonds. The highest BCUT2D eigenvalue weighted by molar-refractivity contribution is 5.76. The Bertz CT molecular complexity index is 377. The molecule has 3 N–H and O–H groups in total. The van der Waals surface area contributed by atoms with Gasteiger partial charge in [0.05, 0.1) is 6.04 Å². The average molecular weight is 248 g/mol. The molecule has 0 aromatic heterocycles. The summed E-state index contributed by atoms with van der Waals surface area (Å²) < 4.78 is 0. The Morgan fingerprint density at radius 3 is 2.78 bits per heavy atom. The minimum Gasteiger partial charge on any atom is -0.350 e. The molecule has 3 nitrogen and oxygen atoms in total. The number of nitrogens with two attached hydrogens (primary N) is 1. The standard InChI is InChI=1S/C15H24N2O/c1-12-7-6-8-14(11-12)13(2)17-15(18)9-4-3-5-10-16/h6-8,11,13H,3-5,9-10,16H2,1-2H3,(H,17,18)/t13-/m0/s1. The van der Waals surface area contributed by atoms with E-state index in [9.17, 15) is 4.79 Å². The molecule has 0 saturated heterocycles. The summed E-state index contributed by atoms with van der Waals surface area (Å²) in [5.74, 6) is 0.126. The van der Waals surface area contributed by atoms with E-state index in [4.69, 9.17) is 5.73 Å². The number of unbranched alkanes of at least 4 members (excludes halogenated alkanes) is 2. The summed E-state index contributed by atoms with van der Waals surface area (Å²) in [4.78, 5) is 11.7. The Labute approximate surface area is 110 Å². The molecular weight excluding hydrogens is 224 g/mol. The molecule has 1 aromatic carbocycles. The Kier molecular flexibility index (Phi) is 6.44. The van der Waals surface area contributed by atoms with Crippen molar-refractivity contribution in [1.82, 2.24) is 5.32 Å². The minimum atomic E-state index is 0.0758. The van der Waals surface area contributed by atoms with Crippen LogP contribution in [0.25, 0.3) is 0 Å². The molecule has 1 rings (SSSR count). The molecule has 3 heteroatoms. The normalized spacial score (nSPS) is 12.2. The molecule has 1 aromatic rings. The number of carbonyl (C=O) groups is 1. The van der Waals surface area contributed by atoms with Gasteiger partial charge in [-0.05, 0) is 38.8 Å². The molecule has 0 aliphatic heterocycles. The Morgan fingerprint density at radius 1 is 1.33 bits per heavy atom. The number of aryl methyl sites for hydroxylation is 1. The topological polar surface area (TPSA) is 55.1 Å². The highest BCUT2D eigenvalue weighted by Gasteiger charge is 2.08. The summed E-state index contributed by atoms with van der Waals surface area (Å²) in [6, 6.07) is 8.32. The van der Waals surface area contributed by atoms with Gasteiger partial charge in [0.1, 0.15) is 0 Å². The van der Waals surface area contributed by atoms with Gasteiger partial charge in [0.2, 0.25) is 5.91 Å². The van der Waals surface area contributed by atoms with Gasteiger partial charge in [0.25, 0.3) is 0 Å². The molecule has 0 bridgehead atoms. The number of carbonyl (C=O) groups excluding carboxylic acids is 1. The van der Waals surface area contributed by atoms with Crippen molar-refractivity contribution in [1.29, 1.82) is 0 Å². The van der Waals surface area contributed by atoms with E-state index >= 15 is 0 Å². The second-order valence-electron chi connectivity index (χ2n) is 4.80. The van der Waals surface area contributed by atoms with E-state index in [1.165, 1.54) is 5.56 Å². The van der Waals surface area contributed by atoms with Gasteiger partial charge in [-0.25, -0.2) is 0 Å². The molecule has 1 atom stereocenters. The largest absolute Gasteiger partial charge is 0.350 e. The highest BCUT2D eigenvalue weighted by Crippen LogP contribution is 2.14. The van der Waals surface area contributed by atoms with Crippen molar-refractivity contribution in [3.8, 4) is 0 Å². The summed E-state index contributed by atoms with van der Waals surface area (Å²) in [6.07, 6.45) is 3.54. The third kappa shape index (κ3) is 5.32. The van der Waals surface area contributed by atoms with E-state index in [0.29, 0.717) is 13.0 Å². The lowest BCUT2D eigenvalue weighted by Gasteiger charge is -2.14. The number of amides is 1. The molecular formula is C15H24N2O. The van der Waals surface area contributed by atoms with Gasteiger partial charge in [-0.15, -0.1) is 0 Å². The smallest absolute Gasteiger partial charge is 0.220 e. The first-order valence-electron chi connectivity index (χ1n) is 6.69. The molecule has 18 heavy (non-hydrogen) atoms. The molecule has 0 heterocycles. The van der Waals surface area contributed by atoms with Crippen LogP contribution in [0.4, 0.5) is 0 Å². The van der Waals surface area contributed by atoms with Crippen molar-refractivity contribution < 1.29 is 4.79 Å². The lowest BCUT2D eigenvalue weighted by Crippen LogP contribution is -2.26. The molecule has 0 aliphatic rings. The fourth-order valence-electron chi connectivity index (χ4n) is 1.94. The maximum atomic E-state index is 11.7. The van der Waals surface area contributed by atoms with Crippen molar-refractivity contribution >= 4 is 5.91 Å². The molecule has 0 aliphatic carbocycles. The van der Waals surface area contributed by atoms with Gasteiger partial charge in [-0.2, -0.15) is 0 Å². The van der Waals surface area contributed by atoms with Crippen LogP contribution in [-0.4, -0.2) is 12.5 Å². The summed E-state index contributed by atoms with van der Waals surface area (Å²) >= 11 is 0. The minimum absolute atomic E-state index is 0.0758. The molecule has 0 saturated carbocycles. The van der Waals surface area contributed by atoms with E-state index in [1.807, 2.05) is 19.1 Å². The fourth-order valence-corrected chi connectivity index (χ4v) is 1.94. The maximum absolute atomic E-state index is 11.7. The van der Waals surface area contributed by atoms with Crippen LogP contribution in [0.2, 0.25) is 0 Å². The van der Waals surface area contributed by atoms with Crippen LogP contribution >= 0.6 is 0 Å². The van der Waals surface area contributed by atoms with Crippen LogP contribution in [-0.2, 0) is 4.79 Å². The highest BCUT2D eigenvalue weighted by atomic mass is 16.1. The van der Waals surface area contributed by atoms with E-state index in [1.54, 1.807) is 0 Å². The van der Waals surface area contributed by atoms with Gasteiger partial charge in [0, 0.05) is 6.42 Å². The first-order valence-corrected chi connectivity index (χ1v) is 6.69. The summed E-state index contributed by atoms with van der Waals surface area (Å²) in [5.41, 5.74) is 7.79. The van der Waals surface area contributed by atoms with Crippen LogP contribution in [0.1, 0.15) is 49.8 Å². The van der Waals surface area contributed by atoms with Crippen molar-refractivity contribution in [2.24, 2.45) is 5.73 Å². The Hall–Kier alpha value is -1.35. The van der Waals surface area contributed by atoms with Crippen LogP contribution in [0.3, 0.4) is 0 Å². The Morgan fingerprint density at radius 2 is 2.11 bits per heavy atom. The van der Waals surface area contributed by atoms with E-state index in [0.717, 1.165) is 24.8 Å². The van der Waals surface area contributed by atoms with E-state index < -0.39 is 0 Å². The van der Waals surface area contributed by atoms with Crippen LogP contribution < -0.4 is 11.1 Å². The van der Waals surface area contributed by atoms with Crippen LogP contribution in [0.5, 0.6) is 0 Å². The summed E-state index contributed by atoms with van der Waals surface area (Å²) in [7, 11) is 0. The summed E-state index contributed by atoms with van der Waals surface area (Å²) in [6.45, 7) is 4.79. The van der Waals surface area contributed by atoms with Crippen molar-refractivity contribution in [3.05, 3.63) is 35.4 Å². The van der Waals surface area contributed by atoms with Crippen molar-refractivity contribution in [2.75, 3.05) is 6.54 Å². The van der Waals surface area contributed by atoms with Gasteiger partial charge >= 0.3 is 0 Å². The lowest BCUT2D eigenvalue weighted by atomic mass is 10.1. The quantitative estimate of drug-likeness (QED) is 0.729. The number of benzene rings is 1. The lowest BCUT2D eigenvalue weighted by molar-refractivity contribution is -0.121. The zero-order valence-electron chi connectivity index (χ0n) is 11.4. The summed E-state index contributed by atoms with van der Waals surface area (Å²) in [5, 5.41) is 3.03. The van der Waals surface area contributed by atoms with Crippen LogP contribution in [0, 0.1) is 6.92 Å². The van der Waals surface area contributed by atoms with Gasteiger partial charge in [-0.3, -0.25) is 4.79 Å². The molecule has 100 valence electrons. The van der Waals surface area contributed by atoms with Crippen LogP contribution in [0.15, 0.2) is 24.3 Å². The molecule has 0 spiro atoms. The van der Waals surface area contributed by atoms with Gasteiger partial charge in [0.15, 0.2) is 0 Å². The SMILES string of the molecule is Cc1cccc([C@H](C)NC(=O)CCCCCN)c1. The predicted octanol–water partition coefficient (Wildman–Crippen LogP) is 2.69. The Balaban J connectivity index is 2.35. The third-order valence-corrected chi connectivity index (χ3v) is 3.03.